The number of nitrogens with one attached hydrogen (secondary N) is 1. The number of ether oxygens (including phenoxy) is 2. The quantitative estimate of drug-likeness (QED) is 0.851. The van der Waals surface area contributed by atoms with E-state index >= 15 is 0 Å². The fourth-order valence-corrected chi connectivity index (χ4v) is 3.44. The molecule has 2 aliphatic rings. The normalized spacial score (nSPS) is 26.5. The van der Waals surface area contributed by atoms with Crippen LogP contribution in [-0.2, 0) is 4.74 Å². The van der Waals surface area contributed by atoms with Crippen molar-refractivity contribution in [3.63, 3.8) is 0 Å². The lowest BCUT2D eigenvalue weighted by Gasteiger charge is -2.54. The molecular formula is C17H24N2O3. The van der Waals surface area contributed by atoms with Gasteiger partial charge in [-0.15, -0.1) is 0 Å². The highest BCUT2D eigenvalue weighted by molar-refractivity contribution is 5.77. The summed E-state index contributed by atoms with van der Waals surface area (Å²) in [5, 5.41) is 3.11. The maximum Gasteiger partial charge on any atom is 0.321 e. The Kier molecular flexibility index (Phi) is 4.00. The Labute approximate surface area is 131 Å². The molecule has 0 aromatic heterocycles. The number of hydrogen-bond acceptors (Lipinski definition) is 3. The molecule has 2 bridgehead atoms. The average Bonchev–Trinajstić information content (AvgIpc) is 2.50. The van der Waals surface area contributed by atoms with Crippen LogP contribution < -0.4 is 10.1 Å². The molecule has 0 spiro atoms. The van der Waals surface area contributed by atoms with Gasteiger partial charge in [-0.2, -0.15) is 0 Å². The minimum atomic E-state index is -0.599. The van der Waals surface area contributed by atoms with Gasteiger partial charge in [-0.3, -0.25) is 4.90 Å². The molecule has 22 heavy (non-hydrogen) atoms. The molecule has 1 N–H and O–H groups in total. The molecular weight excluding hydrogens is 280 g/mol. The first-order chi connectivity index (χ1) is 10.6. The number of fused-ring (bicyclic) bond motifs is 4. The molecule has 0 aliphatic carbocycles. The topological polar surface area (TPSA) is 50.8 Å². The van der Waals surface area contributed by atoms with E-state index in [-0.39, 0.29) is 18.0 Å². The van der Waals surface area contributed by atoms with Crippen LogP contribution >= 0.6 is 0 Å². The molecule has 1 aromatic rings. The third-order valence-corrected chi connectivity index (χ3v) is 4.64. The molecule has 2 heterocycles. The summed E-state index contributed by atoms with van der Waals surface area (Å²) < 4.78 is 11.8. The van der Waals surface area contributed by atoms with Gasteiger partial charge in [0.1, 0.15) is 5.75 Å². The van der Waals surface area contributed by atoms with Crippen molar-refractivity contribution in [3.05, 3.63) is 29.8 Å². The van der Waals surface area contributed by atoms with E-state index in [9.17, 15) is 4.79 Å². The van der Waals surface area contributed by atoms with Crippen molar-refractivity contribution in [1.29, 1.82) is 0 Å². The van der Waals surface area contributed by atoms with Crippen LogP contribution in [0.4, 0.5) is 4.79 Å². The first-order valence-corrected chi connectivity index (χ1v) is 8.02. The number of carbonyl (C=O) groups is 1. The van der Waals surface area contributed by atoms with Gasteiger partial charge < -0.3 is 14.8 Å². The van der Waals surface area contributed by atoms with Crippen LogP contribution in [0.25, 0.3) is 0 Å². The second kappa shape index (κ2) is 5.80. The third kappa shape index (κ3) is 2.33. The molecule has 5 nitrogen and oxygen atoms in total. The van der Waals surface area contributed by atoms with Crippen molar-refractivity contribution in [2.75, 3.05) is 19.8 Å². The van der Waals surface area contributed by atoms with Gasteiger partial charge >= 0.3 is 6.03 Å². The molecule has 120 valence electrons. The van der Waals surface area contributed by atoms with Crippen molar-refractivity contribution in [2.24, 2.45) is 5.92 Å². The van der Waals surface area contributed by atoms with Crippen LogP contribution in [0.3, 0.4) is 0 Å². The minimum absolute atomic E-state index is 0.0168. The van der Waals surface area contributed by atoms with Crippen molar-refractivity contribution in [2.45, 2.75) is 39.0 Å². The van der Waals surface area contributed by atoms with Crippen molar-refractivity contribution in [1.82, 2.24) is 10.2 Å². The highest BCUT2D eigenvalue weighted by atomic mass is 16.5. The molecule has 1 saturated heterocycles. The molecule has 0 saturated carbocycles. The first kappa shape index (κ1) is 15.2. The van der Waals surface area contributed by atoms with Gasteiger partial charge in [0.2, 0.25) is 0 Å². The number of benzene rings is 1. The van der Waals surface area contributed by atoms with E-state index in [1.54, 1.807) is 4.90 Å². The molecule has 2 atom stereocenters. The van der Waals surface area contributed by atoms with Gasteiger partial charge in [0, 0.05) is 31.1 Å². The van der Waals surface area contributed by atoms with Crippen LogP contribution in [0, 0.1) is 5.92 Å². The summed E-state index contributed by atoms with van der Waals surface area (Å²) in [6, 6.07) is 7.91. The van der Waals surface area contributed by atoms with E-state index < -0.39 is 5.72 Å². The summed E-state index contributed by atoms with van der Waals surface area (Å²) in [7, 11) is 0. The maximum absolute atomic E-state index is 12.6. The predicted molar refractivity (Wildman–Crippen MR) is 83.7 cm³/mol. The van der Waals surface area contributed by atoms with Gasteiger partial charge in [0.05, 0.1) is 12.6 Å². The van der Waals surface area contributed by atoms with Crippen molar-refractivity contribution >= 4 is 6.03 Å². The molecule has 2 aliphatic heterocycles. The third-order valence-electron chi connectivity index (χ3n) is 4.64. The zero-order chi connectivity index (χ0) is 15.7. The van der Waals surface area contributed by atoms with E-state index in [0.29, 0.717) is 19.8 Å². The number of amides is 2. The molecule has 1 aromatic carbocycles. The summed E-state index contributed by atoms with van der Waals surface area (Å²) >= 11 is 0. The second-order valence-electron chi connectivity index (χ2n) is 6.19. The summed E-state index contributed by atoms with van der Waals surface area (Å²) in [5.41, 5.74) is 0.468. The first-order valence-electron chi connectivity index (χ1n) is 8.02. The van der Waals surface area contributed by atoms with E-state index in [1.807, 2.05) is 31.2 Å². The highest BCUT2D eigenvalue weighted by Crippen LogP contribution is 2.47. The lowest BCUT2D eigenvalue weighted by atomic mass is 9.83. The molecule has 1 fully saturated rings. The lowest BCUT2D eigenvalue weighted by Crippen LogP contribution is -2.68. The standard InChI is InChI=1S/C17H24N2O3/c1-4-21-10-9-19-16(20)18-14-11-17(19,12(2)3)22-15-8-6-5-7-13(14)15/h5-8,12,14H,4,9-11H2,1-3H3,(H,18,20). The van der Waals surface area contributed by atoms with Gasteiger partial charge in [-0.05, 0) is 13.0 Å². The molecule has 2 unspecified atom stereocenters. The number of rotatable bonds is 5. The van der Waals surface area contributed by atoms with Gasteiger partial charge in [-0.1, -0.05) is 32.0 Å². The number of nitrogens with zero attached hydrogens (tertiary/aromatic N) is 1. The van der Waals surface area contributed by atoms with Crippen LogP contribution in [-0.4, -0.2) is 36.4 Å². The summed E-state index contributed by atoms with van der Waals surface area (Å²) in [5.74, 6) is 1.06. The maximum atomic E-state index is 12.6. The van der Waals surface area contributed by atoms with Gasteiger partial charge in [0.25, 0.3) is 0 Å². The Hall–Kier alpha value is -1.75. The molecule has 0 radical (unpaired) electrons. The van der Waals surface area contributed by atoms with Crippen molar-refractivity contribution in [3.8, 4) is 5.75 Å². The summed E-state index contributed by atoms with van der Waals surface area (Å²) in [6.07, 6.45) is 0.763. The Balaban J connectivity index is 1.96. The smallest absolute Gasteiger partial charge is 0.321 e. The van der Waals surface area contributed by atoms with E-state index in [1.165, 1.54) is 0 Å². The zero-order valence-electron chi connectivity index (χ0n) is 13.5. The van der Waals surface area contributed by atoms with Crippen LogP contribution in [0.1, 0.15) is 38.8 Å². The van der Waals surface area contributed by atoms with E-state index in [0.717, 1.165) is 17.7 Å². The van der Waals surface area contributed by atoms with E-state index in [2.05, 4.69) is 19.2 Å². The summed E-state index contributed by atoms with van der Waals surface area (Å²) in [4.78, 5) is 14.4. The molecule has 2 amide bonds. The number of hydrogen-bond donors (Lipinski definition) is 1. The van der Waals surface area contributed by atoms with Crippen LogP contribution in [0.15, 0.2) is 24.3 Å². The molecule has 3 rings (SSSR count). The Morgan fingerprint density at radius 3 is 2.95 bits per heavy atom. The Morgan fingerprint density at radius 2 is 2.23 bits per heavy atom. The SMILES string of the molecule is CCOCCN1C(=O)NC2CC1(C(C)C)Oc1ccccc12. The van der Waals surface area contributed by atoms with Crippen LogP contribution in [0.2, 0.25) is 0 Å². The predicted octanol–water partition coefficient (Wildman–Crippen LogP) is 2.92. The zero-order valence-corrected chi connectivity index (χ0v) is 13.5. The fraction of sp³-hybridized carbons (Fsp3) is 0.588. The monoisotopic (exact) mass is 304 g/mol. The second-order valence-corrected chi connectivity index (χ2v) is 6.19. The number of carbonyl (C=O) groups excluding carboxylic acids is 1. The highest BCUT2D eigenvalue weighted by Gasteiger charge is 2.53. The Bertz CT molecular complexity index is 561. The fourth-order valence-electron chi connectivity index (χ4n) is 3.44. The number of para-hydroxylation sites is 1. The largest absolute Gasteiger partial charge is 0.467 e. The number of urea groups is 1. The minimum Gasteiger partial charge on any atom is -0.467 e. The lowest BCUT2D eigenvalue weighted by molar-refractivity contribution is -0.134. The molecule has 5 heteroatoms. The van der Waals surface area contributed by atoms with Gasteiger partial charge in [-0.25, -0.2) is 4.79 Å². The van der Waals surface area contributed by atoms with Gasteiger partial charge in [0.15, 0.2) is 5.72 Å². The van der Waals surface area contributed by atoms with Crippen molar-refractivity contribution < 1.29 is 14.3 Å². The van der Waals surface area contributed by atoms with Crippen LogP contribution in [0.5, 0.6) is 5.75 Å². The average molecular weight is 304 g/mol. The van der Waals surface area contributed by atoms with E-state index in [4.69, 9.17) is 9.47 Å². The summed E-state index contributed by atoms with van der Waals surface area (Å²) in [6.45, 7) is 7.88. The Morgan fingerprint density at radius 1 is 1.45 bits per heavy atom.